The molecule has 0 radical (unpaired) electrons. The summed E-state index contributed by atoms with van der Waals surface area (Å²) in [6, 6.07) is 6.42. The van der Waals surface area contributed by atoms with Gasteiger partial charge >= 0.3 is 0 Å². The second-order valence-corrected chi connectivity index (χ2v) is 9.85. The Labute approximate surface area is 130 Å². The standard InChI is InChI=1S/C13H17I2NO/c1-8(2)9-5-10(13(17)3-4-13)7-11(6-9)16-12(14)15/h5-8,12,16-17H,3-4H2,1-2H3. The van der Waals surface area contributed by atoms with Gasteiger partial charge in [0.2, 0.25) is 0 Å². The Hall–Kier alpha value is 0.440. The molecule has 0 bridgehead atoms. The Morgan fingerprint density at radius 2 is 1.88 bits per heavy atom. The maximum absolute atomic E-state index is 10.2. The smallest absolute Gasteiger partial charge is 0.130 e. The molecular weight excluding hydrogens is 440 g/mol. The molecular formula is C13H17I2NO. The third-order valence-corrected chi connectivity index (χ3v) is 3.78. The molecule has 0 atom stereocenters. The lowest BCUT2D eigenvalue weighted by Gasteiger charge is -2.17. The van der Waals surface area contributed by atoms with Gasteiger partial charge in [-0.1, -0.05) is 19.9 Å². The number of nitrogens with one attached hydrogen (secondary N) is 1. The monoisotopic (exact) mass is 457 g/mol. The first kappa shape index (κ1) is 13.9. The number of hydrogen-bond donors (Lipinski definition) is 2. The molecule has 0 spiro atoms. The molecule has 2 N–H and O–H groups in total. The van der Waals surface area contributed by atoms with E-state index in [1.807, 2.05) is 0 Å². The third kappa shape index (κ3) is 3.47. The van der Waals surface area contributed by atoms with Crippen molar-refractivity contribution in [3.05, 3.63) is 29.3 Å². The molecule has 1 fully saturated rings. The third-order valence-electron chi connectivity index (χ3n) is 3.16. The lowest BCUT2D eigenvalue weighted by Crippen LogP contribution is -2.09. The molecule has 0 heterocycles. The summed E-state index contributed by atoms with van der Waals surface area (Å²) in [5.74, 6) is 0.486. The van der Waals surface area contributed by atoms with Gasteiger partial charge in [-0.05, 0) is 87.2 Å². The minimum atomic E-state index is -0.548. The minimum absolute atomic E-state index is 0.356. The summed E-state index contributed by atoms with van der Waals surface area (Å²) in [5, 5.41) is 13.6. The highest BCUT2D eigenvalue weighted by Gasteiger charge is 2.42. The lowest BCUT2D eigenvalue weighted by atomic mass is 9.97. The first-order valence-electron chi connectivity index (χ1n) is 5.83. The van der Waals surface area contributed by atoms with Crippen molar-refractivity contribution in [3.8, 4) is 0 Å². The van der Waals surface area contributed by atoms with Gasteiger partial charge in [-0.2, -0.15) is 0 Å². The number of alkyl halides is 2. The lowest BCUT2D eigenvalue weighted by molar-refractivity contribution is 0.151. The maximum atomic E-state index is 10.2. The van der Waals surface area contributed by atoms with E-state index in [0.717, 1.165) is 24.1 Å². The molecule has 4 heteroatoms. The van der Waals surface area contributed by atoms with Crippen molar-refractivity contribution in [3.63, 3.8) is 0 Å². The number of halogens is 2. The van der Waals surface area contributed by atoms with Crippen molar-refractivity contribution in [2.45, 2.75) is 40.3 Å². The van der Waals surface area contributed by atoms with Gasteiger partial charge in [0.15, 0.2) is 0 Å². The largest absolute Gasteiger partial charge is 0.385 e. The Balaban J connectivity index is 2.35. The Kier molecular flexibility index (Phi) is 4.24. The first-order valence-corrected chi connectivity index (χ1v) is 8.32. The molecule has 0 aromatic heterocycles. The topological polar surface area (TPSA) is 32.3 Å². The average Bonchev–Trinajstić information content (AvgIpc) is 2.96. The van der Waals surface area contributed by atoms with Crippen molar-refractivity contribution in [1.29, 1.82) is 0 Å². The highest BCUT2D eigenvalue weighted by molar-refractivity contribution is 14.2. The number of benzene rings is 1. The van der Waals surface area contributed by atoms with Crippen LogP contribution in [0.4, 0.5) is 5.69 Å². The SMILES string of the molecule is CC(C)c1cc(NC(I)I)cc(C2(O)CC2)c1. The van der Waals surface area contributed by atoms with E-state index in [4.69, 9.17) is 0 Å². The van der Waals surface area contributed by atoms with Crippen LogP contribution in [0.15, 0.2) is 18.2 Å². The van der Waals surface area contributed by atoms with Gasteiger partial charge in [-0.15, -0.1) is 0 Å². The second kappa shape index (κ2) is 5.21. The molecule has 1 aliphatic rings. The van der Waals surface area contributed by atoms with Crippen LogP contribution in [-0.2, 0) is 5.60 Å². The molecule has 1 aromatic rings. The maximum Gasteiger partial charge on any atom is 0.130 e. The van der Waals surface area contributed by atoms with E-state index in [2.05, 4.69) is 82.5 Å². The van der Waals surface area contributed by atoms with Crippen LogP contribution in [0.25, 0.3) is 0 Å². The molecule has 2 nitrogen and oxygen atoms in total. The summed E-state index contributed by atoms with van der Waals surface area (Å²) >= 11 is 4.67. The summed E-state index contributed by atoms with van der Waals surface area (Å²) in [7, 11) is 0. The van der Waals surface area contributed by atoms with E-state index < -0.39 is 5.60 Å². The van der Waals surface area contributed by atoms with E-state index in [1.54, 1.807) is 0 Å². The summed E-state index contributed by atoms with van der Waals surface area (Å²) < 4.78 is 0.356. The molecule has 94 valence electrons. The predicted octanol–water partition coefficient (Wildman–Crippen LogP) is 4.36. The van der Waals surface area contributed by atoms with Crippen LogP contribution >= 0.6 is 45.2 Å². The molecule has 1 aromatic carbocycles. The van der Waals surface area contributed by atoms with Crippen molar-refractivity contribution < 1.29 is 5.11 Å². The molecule has 1 saturated carbocycles. The summed E-state index contributed by atoms with van der Waals surface area (Å²) in [5.41, 5.74) is 2.92. The molecule has 17 heavy (non-hydrogen) atoms. The van der Waals surface area contributed by atoms with Crippen molar-refractivity contribution >= 4 is 50.9 Å². The zero-order valence-electron chi connectivity index (χ0n) is 10.0. The van der Waals surface area contributed by atoms with Crippen LogP contribution in [0.5, 0.6) is 0 Å². The zero-order chi connectivity index (χ0) is 12.6. The summed E-state index contributed by atoms with van der Waals surface area (Å²) in [6.07, 6.45) is 1.79. The van der Waals surface area contributed by atoms with Crippen molar-refractivity contribution in [1.82, 2.24) is 0 Å². The van der Waals surface area contributed by atoms with Crippen LogP contribution in [0.2, 0.25) is 0 Å². The van der Waals surface area contributed by atoms with E-state index >= 15 is 0 Å². The summed E-state index contributed by atoms with van der Waals surface area (Å²) in [6.45, 7) is 4.37. The van der Waals surface area contributed by atoms with Gasteiger partial charge in [0.1, 0.15) is 2.06 Å². The van der Waals surface area contributed by atoms with Crippen LogP contribution in [0.1, 0.15) is 43.7 Å². The zero-order valence-corrected chi connectivity index (χ0v) is 14.3. The predicted molar refractivity (Wildman–Crippen MR) is 89.1 cm³/mol. The second-order valence-electron chi connectivity index (χ2n) is 4.98. The Bertz CT molecular complexity index is 414. The molecule has 2 rings (SSSR count). The highest BCUT2D eigenvalue weighted by atomic mass is 127. The van der Waals surface area contributed by atoms with Gasteiger partial charge in [0.05, 0.1) is 5.60 Å². The first-order chi connectivity index (χ1) is 7.90. The van der Waals surface area contributed by atoms with Gasteiger partial charge in [0.25, 0.3) is 0 Å². The van der Waals surface area contributed by atoms with Crippen LogP contribution in [0, 0.1) is 0 Å². The number of rotatable bonds is 4. The Morgan fingerprint density at radius 1 is 1.24 bits per heavy atom. The van der Waals surface area contributed by atoms with E-state index in [1.165, 1.54) is 5.56 Å². The van der Waals surface area contributed by atoms with Crippen molar-refractivity contribution in [2.24, 2.45) is 0 Å². The van der Waals surface area contributed by atoms with Crippen LogP contribution in [0.3, 0.4) is 0 Å². The van der Waals surface area contributed by atoms with Crippen molar-refractivity contribution in [2.75, 3.05) is 5.32 Å². The highest BCUT2D eigenvalue weighted by Crippen LogP contribution is 2.46. The molecule has 0 aliphatic heterocycles. The molecule has 0 saturated heterocycles. The van der Waals surface area contributed by atoms with E-state index in [9.17, 15) is 5.11 Å². The van der Waals surface area contributed by atoms with Crippen LogP contribution in [-0.4, -0.2) is 7.16 Å². The van der Waals surface area contributed by atoms with E-state index in [0.29, 0.717) is 7.97 Å². The quantitative estimate of drug-likeness (QED) is 0.401. The fraction of sp³-hybridized carbons (Fsp3) is 0.538. The summed E-state index contributed by atoms with van der Waals surface area (Å²) in [4.78, 5) is 0. The van der Waals surface area contributed by atoms with Crippen LogP contribution < -0.4 is 5.32 Å². The van der Waals surface area contributed by atoms with Gasteiger partial charge in [0, 0.05) is 5.69 Å². The Morgan fingerprint density at radius 3 is 2.35 bits per heavy atom. The number of aliphatic hydroxyl groups is 1. The minimum Gasteiger partial charge on any atom is -0.385 e. The van der Waals surface area contributed by atoms with Gasteiger partial charge < -0.3 is 10.4 Å². The van der Waals surface area contributed by atoms with E-state index in [-0.39, 0.29) is 0 Å². The molecule has 0 unspecified atom stereocenters. The normalized spacial score (nSPS) is 17.6. The fourth-order valence-corrected chi connectivity index (χ4v) is 2.59. The molecule has 1 aliphatic carbocycles. The molecule has 0 amide bonds. The number of anilines is 1. The number of hydrogen-bond acceptors (Lipinski definition) is 2. The fourth-order valence-electron chi connectivity index (χ4n) is 1.87. The average molecular weight is 457 g/mol. The van der Waals surface area contributed by atoms with Gasteiger partial charge in [-0.25, -0.2) is 0 Å². The van der Waals surface area contributed by atoms with Gasteiger partial charge in [-0.3, -0.25) is 0 Å².